The summed E-state index contributed by atoms with van der Waals surface area (Å²) >= 11 is 0. The Bertz CT molecular complexity index is 262. The van der Waals surface area contributed by atoms with Crippen LogP contribution in [0.5, 0.6) is 0 Å². The summed E-state index contributed by atoms with van der Waals surface area (Å²) in [4.78, 5) is 13.9. The zero-order chi connectivity index (χ0) is 11.1. The van der Waals surface area contributed by atoms with Crippen LogP contribution in [0.15, 0.2) is 0 Å². The molecule has 2 aliphatic rings. The van der Waals surface area contributed by atoms with Crippen molar-refractivity contribution < 1.29 is 9.90 Å². The number of rotatable bonds is 1. The minimum atomic E-state index is -0.565. The molecule has 3 nitrogen and oxygen atoms in total. The maximum absolute atomic E-state index is 12.0. The second kappa shape index (κ2) is 3.78. The van der Waals surface area contributed by atoms with Crippen LogP contribution in [0.3, 0.4) is 0 Å². The third kappa shape index (κ3) is 2.51. The Hall–Kier alpha value is -0.570. The number of amides is 1. The van der Waals surface area contributed by atoms with Gasteiger partial charge in [0.25, 0.3) is 0 Å². The molecule has 1 aliphatic carbocycles. The fraction of sp³-hybridized carbons (Fsp3) is 0.917. The molecular weight excluding hydrogens is 190 g/mol. The molecular formula is C12H21NO2. The minimum absolute atomic E-state index is 0.285. The molecule has 1 saturated carbocycles. The Morgan fingerprint density at radius 1 is 1.40 bits per heavy atom. The first kappa shape index (κ1) is 10.9. The number of aliphatic hydroxyl groups is 1. The quantitative estimate of drug-likeness (QED) is 0.712. The Balaban J connectivity index is 1.91. The highest BCUT2D eigenvalue weighted by Crippen LogP contribution is 2.39. The summed E-state index contributed by atoms with van der Waals surface area (Å²) in [6.07, 6.45) is 3.53. The van der Waals surface area contributed by atoms with Gasteiger partial charge in [0.05, 0.1) is 5.60 Å². The Morgan fingerprint density at radius 3 is 2.67 bits per heavy atom. The first-order valence-corrected chi connectivity index (χ1v) is 6.01. The van der Waals surface area contributed by atoms with Gasteiger partial charge in [-0.15, -0.1) is 0 Å². The molecule has 2 fully saturated rings. The summed E-state index contributed by atoms with van der Waals surface area (Å²) in [5, 5.41) is 9.92. The van der Waals surface area contributed by atoms with Crippen molar-refractivity contribution in [3.63, 3.8) is 0 Å². The summed E-state index contributed by atoms with van der Waals surface area (Å²) in [6, 6.07) is 0. The van der Waals surface area contributed by atoms with Gasteiger partial charge in [0, 0.05) is 19.0 Å². The van der Waals surface area contributed by atoms with Crippen molar-refractivity contribution in [3.05, 3.63) is 0 Å². The maximum Gasteiger partial charge on any atom is 0.225 e. The van der Waals surface area contributed by atoms with Gasteiger partial charge in [0.2, 0.25) is 5.91 Å². The van der Waals surface area contributed by atoms with Crippen LogP contribution in [0.4, 0.5) is 0 Å². The van der Waals surface area contributed by atoms with E-state index >= 15 is 0 Å². The highest BCUT2D eigenvalue weighted by atomic mass is 16.3. The molecule has 3 heteroatoms. The average Bonchev–Trinajstić information content (AvgIpc) is 2.89. The van der Waals surface area contributed by atoms with Crippen molar-refractivity contribution in [3.8, 4) is 0 Å². The number of carbonyl (C=O) groups excluding carboxylic acids is 1. The molecule has 1 N–H and O–H groups in total. The normalized spacial score (nSPS) is 41.1. The van der Waals surface area contributed by atoms with Crippen molar-refractivity contribution in [2.45, 2.75) is 45.1 Å². The van der Waals surface area contributed by atoms with Gasteiger partial charge in [-0.05, 0) is 38.5 Å². The number of hydrogen-bond donors (Lipinski definition) is 1. The fourth-order valence-corrected chi connectivity index (χ4v) is 2.38. The SMILES string of the molecule is CC1CC1C(=O)N1CCCC(C)(O)CC1. The van der Waals surface area contributed by atoms with Gasteiger partial charge < -0.3 is 10.0 Å². The summed E-state index contributed by atoms with van der Waals surface area (Å²) in [5.41, 5.74) is -0.565. The molecule has 2 rings (SSSR count). The minimum Gasteiger partial charge on any atom is -0.390 e. The van der Waals surface area contributed by atoms with Crippen molar-refractivity contribution in [1.29, 1.82) is 0 Å². The zero-order valence-corrected chi connectivity index (χ0v) is 9.70. The van der Waals surface area contributed by atoms with Gasteiger partial charge in [0.1, 0.15) is 0 Å². The molecule has 86 valence electrons. The van der Waals surface area contributed by atoms with E-state index in [1.54, 1.807) is 0 Å². The van der Waals surface area contributed by atoms with Crippen LogP contribution in [0.2, 0.25) is 0 Å². The van der Waals surface area contributed by atoms with E-state index in [4.69, 9.17) is 0 Å². The Labute approximate surface area is 91.5 Å². The van der Waals surface area contributed by atoms with E-state index in [1.165, 1.54) is 0 Å². The smallest absolute Gasteiger partial charge is 0.225 e. The zero-order valence-electron chi connectivity index (χ0n) is 9.70. The third-order valence-corrected chi connectivity index (χ3v) is 3.80. The van der Waals surface area contributed by atoms with Crippen molar-refractivity contribution in [2.24, 2.45) is 11.8 Å². The van der Waals surface area contributed by atoms with Crippen LogP contribution in [0.25, 0.3) is 0 Å². The molecule has 0 bridgehead atoms. The number of nitrogens with zero attached hydrogens (tertiary/aromatic N) is 1. The van der Waals surface area contributed by atoms with E-state index in [0.29, 0.717) is 11.8 Å². The predicted molar refractivity (Wildman–Crippen MR) is 58.3 cm³/mol. The summed E-state index contributed by atoms with van der Waals surface area (Å²) in [6.45, 7) is 5.57. The predicted octanol–water partition coefficient (Wildman–Crippen LogP) is 1.41. The van der Waals surface area contributed by atoms with E-state index in [-0.39, 0.29) is 5.92 Å². The number of hydrogen-bond acceptors (Lipinski definition) is 2. The first-order chi connectivity index (χ1) is 6.99. The largest absolute Gasteiger partial charge is 0.390 e. The van der Waals surface area contributed by atoms with Crippen molar-refractivity contribution in [1.82, 2.24) is 4.90 Å². The Kier molecular flexibility index (Phi) is 2.75. The Morgan fingerprint density at radius 2 is 2.07 bits per heavy atom. The van der Waals surface area contributed by atoms with Crippen LogP contribution >= 0.6 is 0 Å². The van der Waals surface area contributed by atoms with Crippen LogP contribution in [0.1, 0.15) is 39.5 Å². The monoisotopic (exact) mass is 211 g/mol. The van der Waals surface area contributed by atoms with E-state index in [0.717, 1.165) is 38.8 Å². The topological polar surface area (TPSA) is 40.5 Å². The molecule has 0 spiro atoms. The number of carbonyl (C=O) groups is 1. The summed E-state index contributed by atoms with van der Waals surface area (Å²) < 4.78 is 0. The molecule has 15 heavy (non-hydrogen) atoms. The third-order valence-electron chi connectivity index (χ3n) is 3.80. The second-order valence-electron chi connectivity index (χ2n) is 5.50. The lowest BCUT2D eigenvalue weighted by atomic mass is 9.98. The van der Waals surface area contributed by atoms with Gasteiger partial charge in [0.15, 0.2) is 0 Å². The molecule has 0 aromatic heterocycles. The molecule has 1 heterocycles. The van der Waals surface area contributed by atoms with Gasteiger partial charge in [-0.25, -0.2) is 0 Å². The van der Waals surface area contributed by atoms with Crippen LogP contribution in [0, 0.1) is 11.8 Å². The fourth-order valence-electron chi connectivity index (χ4n) is 2.38. The van der Waals surface area contributed by atoms with Gasteiger partial charge >= 0.3 is 0 Å². The molecule has 0 aromatic rings. The van der Waals surface area contributed by atoms with E-state index < -0.39 is 5.60 Å². The van der Waals surface area contributed by atoms with Crippen LogP contribution in [-0.4, -0.2) is 34.6 Å². The van der Waals surface area contributed by atoms with Gasteiger partial charge in [-0.1, -0.05) is 6.92 Å². The molecule has 1 aliphatic heterocycles. The lowest BCUT2D eigenvalue weighted by molar-refractivity contribution is -0.132. The molecule has 1 amide bonds. The lowest BCUT2D eigenvalue weighted by Gasteiger charge is -2.22. The van der Waals surface area contributed by atoms with Crippen molar-refractivity contribution >= 4 is 5.91 Å². The second-order valence-corrected chi connectivity index (χ2v) is 5.50. The van der Waals surface area contributed by atoms with Crippen LogP contribution < -0.4 is 0 Å². The van der Waals surface area contributed by atoms with Gasteiger partial charge in [-0.2, -0.15) is 0 Å². The average molecular weight is 211 g/mol. The lowest BCUT2D eigenvalue weighted by Crippen LogP contribution is -2.34. The first-order valence-electron chi connectivity index (χ1n) is 6.01. The van der Waals surface area contributed by atoms with Crippen molar-refractivity contribution in [2.75, 3.05) is 13.1 Å². The molecule has 0 radical (unpaired) electrons. The van der Waals surface area contributed by atoms with E-state index in [2.05, 4.69) is 6.92 Å². The summed E-state index contributed by atoms with van der Waals surface area (Å²) in [5.74, 6) is 1.19. The highest BCUT2D eigenvalue weighted by molar-refractivity contribution is 5.81. The van der Waals surface area contributed by atoms with E-state index in [1.807, 2.05) is 11.8 Å². The standard InChI is InChI=1S/C12H21NO2/c1-9-8-10(9)11(14)13-6-3-4-12(2,15)5-7-13/h9-10,15H,3-8H2,1-2H3. The molecule has 1 saturated heterocycles. The van der Waals surface area contributed by atoms with Gasteiger partial charge in [-0.3, -0.25) is 4.79 Å². The molecule has 0 aromatic carbocycles. The molecule has 3 atom stereocenters. The number of likely N-dealkylation sites (tertiary alicyclic amines) is 1. The van der Waals surface area contributed by atoms with E-state index in [9.17, 15) is 9.90 Å². The summed E-state index contributed by atoms with van der Waals surface area (Å²) in [7, 11) is 0. The maximum atomic E-state index is 12.0. The highest BCUT2D eigenvalue weighted by Gasteiger charge is 2.42. The molecule has 3 unspecified atom stereocenters. The van der Waals surface area contributed by atoms with Crippen LogP contribution in [-0.2, 0) is 4.79 Å².